The number of hydrogen-bond acceptors (Lipinski definition) is 4. The third-order valence-corrected chi connectivity index (χ3v) is 2.27. The fourth-order valence-electron chi connectivity index (χ4n) is 1.29. The number of amides is 1. The number of likely N-dealkylation sites (N-methyl/N-ethyl adjacent to an activating group) is 1. The number of aliphatic hydroxyl groups excluding tert-OH is 1. The molecular weight excluding hydrogens is 207 g/mol. The van der Waals surface area contributed by atoms with Gasteiger partial charge >= 0.3 is 0 Å². The predicted octanol–water partition coefficient (Wildman–Crippen LogP) is -1.59. The topological polar surface area (TPSA) is 62.7 Å². The molecule has 1 rings (SSSR count). The van der Waals surface area contributed by atoms with E-state index >= 15 is 0 Å². The Morgan fingerprint density at radius 2 is 2.38 bits per heavy atom. The monoisotopic (exact) mass is 222 g/mol. The first-order valence-electron chi connectivity index (χ1n) is 4.97. The molecule has 0 saturated carbocycles. The van der Waals surface area contributed by atoms with Gasteiger partial charge in [0, 0.05) is 25.9 Å². The molecule has 0 aliphatic heterocycles. The zero-order chi connectivity index (χ0) is 12.1. The van der Waals surface area contributed by atoms with Gasteiger partial charge in [-0.25, -0.2) is 0 Å². The SMILES string of the molecule is Bc1cnc(C(=O)N(C)CCO)cc1OC. The predicted molar refractivity (Wildman–Crippen MR) is 63.0 cm³/mol. The Morgan fingerprint density at radius 3 is 2.94 bits per heavy atom. The normalized spacial score (nSPS) is 9.94. The highest BCUT2D eigenvalue weighted by Crippen LogP contribution is 2.08. The van der Waals surface area contributed by atoms with Crippen LogP contribution in [0.4, 0.5) is 0 Å². The van der Waals surface area contributed by atoms with E-state index in [0.29, 0.717) is 11.4 Å². The summed E-state index contributed by atoms with van der Waals surface area (Å²) in [4.78, 5) is 17.3. The number of pyridine rings is 1. The number of carbonyl (C=O) groups is 1. The van der Waals surface area contributed by atoms with E-state index in [1.54, 1.807) is 26.4 Å². The lowest BCUT2D eigenvalue weighted by Gasteiger charge is -2.15. The molecular formula is C10H15BN2O3. The first kappa shape index (κ1) is 12.5. The molecule has 6 heteroatoms. The summed E-state index contributed by atoms with van der Waals surface area (Å²) in [6, 6.07) is 1.60. The Kier molecular flexibility index (Phi) is 4.31. The van der Waals surface area contributed by atoms with Gasteiger partial charge in [-0.3, -0.25) is 9.78 Å². The molecule has 0 spiro atoms. The lowest BCUT2D eigenvalue weighted by molar-refractivity contribution is 0.0761. The van der Waals surface area contributed by atoms with Crippen molar-refractivity contribution in [2.45, 2.75) is 0 Å². The minimum Gasteiger partial charge on any atom is -0.497 e. The molecule has 0 saturated heterocycles. The van der Waals surface area contributed by atoms with Crippen LogP contribution in [0.25, 0.3) is 0 Å². The summed E-state index contributed by atoms with van der Waals surface area (Å²) >= 11 is 0. The first-order chi connectivity index (χ1) is 7.60. The van der Waals surface area contributed by atoms with Gasteiger partial charge in [0.25, 0.3) is 5.91 Å². The number of aromatic nitrogens is 1. The van der Waals surface area contributed by atoms with Gasteiger partial charge in [0.05, 0.1) is 13.7 Å². The molecule has 0 unspecified atom stereocenters. The van der Waals surface area contributed by atoms with Crippen LogP contribution >= 0.6 is 0 Å². The van der Waals surface area contributed by atoms with Crippen molar-refractivity contribution in [2.24, 2.45) is 0 Å². The van der Waals surface area contributed by atoms with Crippen molar-refractivity contribution in [3.05, 3.63) is 18.0 Å². The Hall–Kier alpha value is -1.56. The molecule has 1 amide bonds. The summed E-state index contributed by atoms with van der Waals surface area (Å²) in [6.07, 6.45) is 1.60. The number of aliphatic hydroxyl groups is 1. The molecule has 0 aromatic carbocycles. The second kappa shape index (κ2) is 5.51. The number of methoxy groups -OCH3 is 1. The van der Waals surface area contributed by atoms with Crippen molar-refractivity contribution in [1.82, 2.24) is 9.88 Å². The minimum absolute atomic E-state index is 0.0642. The minimum atomic E-state index is -0.229. The summed E-state index contributed by atoms with van der Waals surface area (Å²) in [5, 5.41) is 8.74. The van der Waals surface area contributed by atoms with E-state index < -0.39 is 0 Å². The van der Waals surface area contributed by atoms with Crippen molar-refractivity contribution in [2.75, 3.05) is 27.3 Å². The maximum atomic E-state index is 11.8. The molecule has 16 heavy (non-hydrogen) atoms. The zero-order valence-electron chi connectivity index (χ0n) is 9.73. The highest BCUT2D eigenvalue weighted by molar-refractivity contribution is 6.34. The Balaban J connectivity index is 2.92. The van der Waals surface area contributed by atoms with Gasteiger partial charge in [0.1, 0.15) is 19.3 Å². The van der Waals surface area contributed by atoms with E-state index in [9.17, 15) is 4.79 Å². The quantitative estimate of drug-likeness (QED) is 0.624. The van der Waals surface area contributed by atoms with Crippen LogP contribution in [0.5, 0.6) is 5.75 Å². The summed E-state index contributed by atoms with van der Waals surface area (Å²) < 4.78 is 5.12. The number of carbonyl (C=O) groups excluding carboxylic acids is 1. The number of hydrogen-bond donors (Lipinski definition) is 1. The smallest absolute Gasteiger partial charge is 0.272 e. The zero-order valence-corrected chi connectivity index (χ0v) is 9.73. The molecule has 1 aromatic heterocycles. The fraction of sp³-hybridized carbons (Fsp3) is 0.400. The highest BCUT2D eigenvalue weighted by Gasteiger charge is 2.14. The summed E-state index contributed by atoms with van der Waals surface area (Å²) in [5.74, 6) is 0.406. The third-order valence-electron chi connectivity index (χ3n) is 2.27. The van der Waals surface area contributed by atoms with Crippen molar-refractivity contribution in [3.63, 3.8) is 0 Å². The van der Waals surface area contributed by atoms with Gasteiger partial charge in [-0.2, -0.15) is 0 Å². The van der Waals surface area contributed by atoms with Gasteiger partial charge in [-0.15, -0.1) is 0 Å². The molecule has 1 aromatic rings. The Bertz CT molecular complexity index is 384. The largest absolute Gasteiger partial charge is 0.497 e. The Labute approximate surface area is 95.5 Å². The van der Waals surface area contributed by atoms with Crippen LogP contribution in [0.3, 0.4) is 0 Å². The molecule has 1 heterocycles. The number of rotatable bonds is 4. The van der Waals surface area contributed by atoms with Gasteiger partial charge in [-0.1, -0.05) is 0 Å². The van der Waals surface area contributed by atoms with Crippen LogP contribution in [0.2, 0.25) is 0 Å². The van der Waals surface area contributed by atoms with Crippen LogP contribution in [0.1, 0.15) is 10.5 Å². The molecule has 0 aliphatic carbocycles. The van der Waals surface area contributed by atoms with Crippen LogP contribution in [0, 0.1) is 0 Å². The molecule has 0 radical (unpaired) electrons. The molecule has 0 atom stereocenters. The van der Waals surface area contributed by atoms with Gasteiger partial charge in [0.2, 0.25) is 0 Å². The number of nitrogens with zero attached hydrogens (tertiary/aromatic N) is 2. The van der Waals surface area contributed by atoms with Crippen molar-refractivity contribution < 1.29 is 14.6 Å². The van der Waals surface area contributed by atoms with E-state index in [1.807, 2.05) is 7.85 Å². The summed E-state index contributed by atoms with van der Waals surface area (Å²) in [6.45, 7) is 0.224. The van der Waals surface area contributed by atoms with E-state index in [2.05, 4.69) is 4.98 Å². The van der Waals surface area contributed by atoms with Crippen LogP contribution in [0.15, 0.2) is 12.3 Å². The van der Waals surface area contributed by atoms with E-state index in [4.69, 9.17) is 9.84 Å². The molecule has 5 nitrogen and oxygen atoms in total. The highest BCUT2D eigenvalue weighted by atomic mass is 16.5. The maximum absolute atomic E-state index is 11.8. The second-order valence-electron chi connectivity index (χ2n) is 3.49. The lowest BCUT2D eigenvalue weighted by Crippen LogP contribution is -2.30. The van der Waals surface area contributed by atoms with Crippen LogP contribution < -0.4 is 10.2 Å². The maximum Gasteiger partial charge on any atom is 0.272 e. The van der Waals surface area contributed by atoms with Gasteiger partial charge < -0.3 is 14.7 Å². The molecule has 86 valence electrons. The van der Waals surface area contributed by atoms with Crippen LogP contribution in [-0.2, 0) is 0 Å². The van der Waals surface area contributed by atoms with Crippen molar-refractivity contribution in [1.29, 1.82) is 0 Å². The molecule has 0 bridgehead atoms. The van der Waals surface area contributed by atoms with Crippen molar-refractivity contribution >= 4 is 19.2 Å². The average Bonchev–Trinajstić information content (AvgIpc) is 2.29. The fourth-order valence-corrected chi connectivity index (χ4v) is 1.29. The van der Waals surface area contributed by atoms with Gasteiger partial charge in [-0.05, 0) is 5.46 Å². The molecule has 0 aliphatic rings. The first-order valence-corrected chi connectivity index (χ1v) is 4.97. The van der Waals surface area contributed by atoms with E-state index in [0.717, 1.165) is 5.46 Å². The van der Waals surface area contributed by atoms with Gasteiger partial charge in [0.15, 0.2) is 0 Å². The molecule has 1 N–H and O–H groups in total. The summed E-state index contributed by atoms with van der Waals surface area (Å²) in [7, 11) is 5.03. The lowest BCUT2D eigenvalue weighted by atomic mass is 9.97. The Morgan fingerprint density at radius 1 is 1.69 bits per heavy atom. The summed E-state index contributed by atoms with van der Waals surface area (Å²) in [5.41, 5.74) is 1.20. The van der Waals surface area contributed by atoms with E-state index in [1.165, 1.54) is 4.90 Å². The van der Waals surface area contributed by atoms with E-state index in [-0.39, 0.29) is 19.1 Å². The number of ether oxygens (including phenoxy) is 1. The molecule has 0 fully saturated rings. The van der Waals surface area contributed by atoms with Crippen molar-refractivity contribution in [3.8, 4) is 5.75 Å². The second-order valence-corrected chi connectivity index (χ2v) is 3.49. The van der Waals surface area contributed by atoms with Crippen LogP contribution in [-0.4, -0.2) is 56.1 Å². The standard InChI is InChI=1S/C10H15BN2O3/c1-13(3-4-14)10(15)8-5-9(16-2)7(11)6-12-8/h5-6,14H,3-4,11H2,1-2H3. The average molecular weight is 222 g/mol. The third kappa shape index (κ3) is 2.73.